The van der Waals surface area contributed by atoms with E-state index in [1.807, 2.05) is 53.1 Å². The highest BCUT2D eigenvalue weighted by Gasteiger charge is 2.22. The number of pyridine rings is 1. The average Bonchev–Trinajstić information content (AvgIpc) is 3.59. The summed E-state index contributed by atoms with van der Waals surface area (Å²) in [4.78, 5) is 14.1. The maximum Gasteiger partial charge on any atom is 0.263 e. The highest BCUT2D eigenvalue weighted by molar-refractivity contribution is 6.18. The average molecular weight is 552 g/mol. The van der Waals surface area contributed by atoms with Crippen LogP contribution in [0.15, 0.2) is 156 Å². The van der Waals surface area contributed by atoms with Gasteiger partial charge >= 0.3 is 0 Å². The summed E-state index contributed by atoms with van der Waals surface area (Å²) in [5, 5.41) is 5.07. The van der Waals surface area contributed by atoms with Crippen molar-refractivity contribution in [3.8, 4) is 17.1 Å². The topological polar surface area (TPSA) is 31.9 Å². The molecule has 0 aliphatic carbocycles. The van der Waals surface area contributed by atoms with Crippen molar-refractivity contribution in [2.45, 2.75) is 0 Å². The van der Waals surface area contributed by atoms with E-state index >= 15 is 0 Å². The standard InChI is InChI=1S/C39H25N3O/c43-39-31-19-8-7-18-30(31)37-38(42(39)27-15-5-2-6-16-27)32-20-10-12-22-35(32)41(37)28-23-24-36-33(25-28)29-17-9-11-21-34(29)40(36)26-13-3-1-4-14-26/h1-25H. The van der Waals surface area contributed by atoms with E-state index in [-0.39, 0.29) is 5.56 Å². The molecule has 0 saturated heterocycles. The Balaban J connectivity index is 1.46. The van der Waals surface area contributed by atoms with Crippen molar-refractivity contribution in [1.29, 1.82) is 0 Å². The van der Waals surface area contributed by atoms with Crippen LogP contribution in [0.25, 0.3) is 71.6 Å². The van der Waals surface area contributed by atoms with E-state index in [1.54, 1.807) is 0 Å². The molecule has 4 heteroatoms. The lowest BCUT2D eigenvalue weighted by Gasteiger charge is -2.14. The van der Waals surface area contributed by atoms with Crippen LogP contribution in [0.4, 0.5) is 0 Å². The number of aromatic nitrogens is 3. The molecular formula is C39H25N3O. The largest absolute Gasteiger partial charge is 0.309 e. The molecule has 0 bridgehead atoms. The Labute approximate surface area is 246 Å². The van der Waals surface area contributed by atoms with E-state index in [9.17, 15) is 4.79 Å². The van der Waals surface area contributed by atoms with Gasteiger partial charge in [0.25, 0.3) is 5.56 Å². The van der Waals surface area contributed by atoms with Gasteiger partial charge in [-0.1, -0.05) is 91.0 Å². The van der Waals surface area contributed by atoms with Gasteiger partial charge in [0.1, 0.15) is 0 Å². The van der Waals surface area contributed by atoms with Crippen LogP contribution in [0.2, 0.25) is 0 Å². The second-order valence-electron chi connectivity index (χ2n) is 11.0. The predicted molar refractivity (Wildman–Crippen MR) is 178 cm³/mol. The lowest BCUT2D eigenvalue weighted by atomic mass is 10.1. The van der Waals surface area contributed by atoms with Gasteiger partial charge in [-0.25, -0.2) is 0 Å². The smallest absolute Gasteiger partial charge is 0.263 e. The van der Waals surface area contributed by atoms with Crippen LogP contribution in [0.1, 0.15) is 0 Å². The van der Waals surface area contributed by atoms with Crippen LogP contribution in [0.3, 0.4) is 0 Å². The normalized spacial score (nSPS) is 11.8. The number of nitrogens with zero attached hydrogens (tertiary/aromatic N) is 3. The number of benzene rings is 6. The van der Waals surface area contributed by atoms with Crippen molar-refractivity contribution in [1.82, 2.24) is 13.7 Å². The fraction of sp³-hybridized carbons (Fsp3) is 0. The quantitative estimate of drug-likeness (QED) is 0.215. The molecule has 0 aliphatic heterocycles. The summed E-state index contributed by atoms with van der Waals surface area (Å²) in [6, 6.07) is 52.2. The van der Waals surface area contributed by atoms with Crippen LogP contribution in [-0.4, -0.2) is 13.7 Å². The molecule has 0 radical (unpaired) electrons. The predicted octanol–water partition coefficient (Wildman–Crippen LogP) is 9.18. The molecule has 0 saturated carbocycles. The maximum absolute atomic E-state index is 14.1. The summed E-state index contributed by atoms with van der Waals surface area (Å²) >= 11 is 0. The number of hydrogen-bond donors (Lipinski definition) is 0. The Morgan fingerprint density at radius 2 is 0.814 bits per heavy atom. The van der Waals surface area contributed by atoms with Crippen LogP contribution in [0.5, 0.6) is 0 Å². The molecule has 202 valence electrons. The van der Waals surface area contributed by atoms with E-state index in [2.05, 4.69) is 112 Å². The monoisotopic (exact) mass is 551 g/mol. The van der Waals surface area contributed by atoms with Gasteiger partial charge in [-0.3, -0.25) is 9.36 Å². The van der Waals surface area contributed by atoms with Crippen molar-refractivity contribution in [3.05, 3.63) is 162 Å². The molecule has 0 unspecified atom stereocenters. The molecule has 0 spiro atoms. The molecule has 43 heavy (non-hydrogen) atoms. The van der Waals surface area contributed by atoms with E-state index in [0.29, 0.717) is 5.39 Å². The van der Waals surface area contributed by atoms with Gasteiger partial charge in [-0.2, -0.15) is 0 Å². The SMILES string of the molecule is O=c1c2ccccc2c2c(c3ccccc3n2-c2ccc3c(c2)c2ccccc2n3-c2ccccc2)n1-c1ccccc1. The molecule has 0 fully saturated rings. The zero-order chi connectivity index (χ0) is 28.5. The van der Waals surface area contributed by atoms with Gasteiger partial charge in [-0.05, 0) is 60.7 Å². The first-order valence-electron chi connectivity index (χ1n) is 14.5. The van der Waals surface area contributed by atoms with Crippen molar-refractivity contribution >= 4 is 54.5 Å². The summed E-state index contributed by atoms with van der Waals surface area (Å²) in [7, 11) is 0. The van der Waals surface area contributed by atoms with Crippen molar-refractivity contribution < 1.29 is 0 Å². The Hall–Kier alpha value is -5.87. The Morgan fingerprint density at radius 3 is 1.51 bits per heavy atom. The first-order chi connectivity index (χ1) is 21.3. The van der Waals surface area contributed by atoms with Crippen LogP contribution in [-0.2, 0) is 0 Å². The summed E-state index contributed by atoms with van der Waals surface area (Å²) in [5.74, 6) is 0. The lowest BCUT2D eigenvalue weighted by molar-refractivity contribution is 1.06. The molecule has 0 amide bonds. The van der Waals surface area contributed by atoms with Crippen LogP contribution in [0, 0.1) is 0 Å². The fourth-order valence-corrected chi connectivity index (χ4v) is 6.84. The highest BCUT2D eigenvalue weighted by Crippen LogP contribution is 2.39. The van der Waals surface area contributed by atoms with E-state index in [4.69, 9.17) is 0 Å². The molecule has 4 nitrogen and oxygen atoms in total. The maximum atomic E-state index is 14.1. The molecule has 3 heterocycles. The van der Waals surface area contributed by atoms with Crippen molar-refractivity contribution in [2.75, 3.05) is 0 Å². The van der Waals surface area contributed by atoms with E-state index < -0.39 is 0 Å². The molecule has 9 rings (SSSR count). The van der Waals surface area contributed by atoms with Gasteiger partial charge in [0.15, 0.2) is 0 Å². The first-order valence-corrected chi connectivity index (χ1v) is 14.5. The van der Waals surface area contributed by atoms with E-state index in [1.165, 1.54) is 16.3 Å². The minimum atomic E-state index is -0.0152. The molecule has 0 aliphatic rings. The molecule has 0 N–H and O–H groups in total. The van der Waals surface area contributed by atoms with Gasteiger partial charge < -0.3 is 9.13 Å². The Morgan fingerprint density at radius 1 is 0.326 bits per heavy atom. The lowest BCUT2D eigenvalue weighted by Crippen LogP contribution is -2.19. The van der Waals surface area contributed by atoms with Crippen LogP contribution < -0.4 is 5.56 Å². The molecule has 9 aromatic rings. The van der Waals surface area contributed by atoms with E-state index in [0.717, 1.165) is 49.9 Å². The summed E-state index contributed by atoms with van der Waals surface area (Å²) < 4.78 is 6.55. The van der Waals surface area contributed by atoms with Gasteiger partial charge in [0.2, 0.25) is 0 Å². The third kappa shape index (κ3) is 3.35. The van der Waals surface area contributed by atoms with Crippen molar-refractivity contribution in [2.24, 2.45) is 0 Å². The third-order valence-corrected chi connectivity index (χ3v) is 8.63. The fourth-order valence-electron chi connectivity index (χ4n) is 6.84. The molecule has 3 aromatic heterocycles. The highest BCUT2D eigenvalue weighted by atomic mass is 16.1. The Kier molecular flexibility index (Phi) is 5.02. The summed E-state index contributed by atoms with van der Waals surface area (Å²) in [6.07, 6.45) is 0. The zero-order valence-electron chi connectivity index (χ0n) is 23.2. The number of fused-ring (bicyclic) bond motifs is 8. The van der Waals surface area contributed by atoms with Crippen LogP contribution >= 0.6 is 0 Å². The summed E-state index contributed by atoms with van der Waals surface area (Å²) in [5.41, 5.74) is 8.35. The second kappa shape index (κ2) is 9.07. The number of rotatable bonds is 3. The third-order valence-electron chi connectivity index (χ3n) is 8.63. The van der Waals surface area contributed by atoms with Gasteiger partial charge in [0, 0.05) is 44.0 Å². The summed E-state index contributed by atoms with van der Waals surface area (Å²) in [6.45, 7) is 0. The molecule has 0 atom stereocenters. The Bertz CT molecular complexity index is 2570. The first kappa shape index (κ1) is 23.8. The van der Waals surface area contributed by atoms with Crippen molar-refractivity contribution in [3.63, 3.8) is 0 Å². The number of hydrogen-bond acceptors (Lipinski definition) is 1. The molecule has 6 aromatic carbocycles. The second-order valence-corrected chi connectivity index (χ2v) is 11.0. The zero-order valence-corrected chi connectivity index (χ0v) is 23.2. The van der Waals surface area contributed by atoms with Gasteiger partial charge in [-0.15, -0.1) is 0 Å². The minimum absolute atomic E-state index is 0.0152. The minimum Gasteiger partial charge on any atom is -0.309 e. The van der Waals surface area contributed by atoms with Gasteiger partial charge in [0.05, 0.1) is 27.6 Å². The number of para-hydroxylation sites is 4. The molecular weight excluding hydrogens is 526 g/mol.